The van der Waals surface area contributed by atoms with Crippen LogP contribution in [0.5, 0.6) is 0 Å². The first-order valence-corrected chi connectivity index (χ1v) is 38.4. The number of allylic oxidation sites excluding steroid dienone is 5. The zero-order chi connectivity index (χ0) is 71.8. The Hall–Kier alpha value is -3.05. The number of unbranched alkanes of at least 4 members (excludes halogenated alkanes) is 35. The van der Waals surface area contributed by atoms with Crippen LogP contribution in [0.1, 0.15) is 284 Å². The number of aliphatic hydroxyl groups excluding tert-OH is 11. The first-order valence-electron chi connectivity index (χ1n) is 38.4. The molecular weight excluding hydrogens is 1260 g/mol. The summed E-state index contributed by atoms with van der Waals surface area (Å²) in [6.45, 7) is 2.15. The molecule has 0 aromatic heterocycles. The quantitative estimate of drug-likeness (QED) is 0.0199. The predicted molar refractivity (Wildman–Crippen MR) is 375 cm³/mol. The van der Waals surface area contributed by atoms with E-state index in [2.05, 4.69) is 48.8 Å². The highest BCUT2D eigenvalue weighted by Crippen LogP contribution is 2.39. The molecule has 0 bridgehead atoms. The Balaban J connectivity index is 1.51. The Labute approximate surface area is 586 Å². The van der Waals surface area contributed by atoms with E-state index in [9.17, 15) is 75.7 Å². The van der Waals surface area contributed by atoms with Crippen LogP contribution < -0.4 is 10.6 Å². The number of hydrogen-bond acceptors (Lipinski definition) is 20. The van der Waals surface area contributed by atoms with Crippen molar-refractivity contribution in [2.45, 2.75) is 394 Å². The normalized spacial score (nSPS) is 27.4. The molecule has 2 amide bonds. The van der Waals surface area contributed by atoms with Gasteiger partial charge in [0.25, 0.3) is 5.79 Å². The van der Waals surface area contributed by atoms with E-state index < -0.39 is 155 Å². The highest BCUT2D eigenvalue weighted by molar-refractivity contribution is 5.77. The fraction of sp³-hybridized carbons (Fsp3) is 0.880. The maximum atomic E-state index is 13.5. The van der Waals surface area contributed by atoms with Gasteiger partial charge in [-0.25, -0.2) is 4.79 Å². The molecule has 3 rings (SSSR count). The van der Waals surface area contributed by atoms with E-state index in [1.54, 1.807) is 6.08 Å². The number of amides is 2. The smallest absolute Gasteiger partial charge is 0.364 e. The van der Waals surface area contributed by atoms with E-state index in [1.807, 2.05) is 6.08 Å². The van der Waals surface area contributed by atoms with Crippen LogP contribution in [0, 0.1) is 0 Å². The third kappa shape index (κ3) is 35.4. The fourth-order valence-corrected chi connectivity index (χ4v) is 13.2. The lowest BCUT2D eigenvalue weighted by Crippen LogP contribution is -2.70. The number of rotatable bonds is 59. The van der Waals surface area contributed by atoms with Gasteiger partial charge in [-0.2, -0.15) is 0 Å². The van der Waals surface area contributed by atoms with Gasteiger partial charge in [-0.15, -0.1) is 0 Å². The molecule has 572 valence electrons. The molecule has 3 fully saturated rings. The maximum Gasteiger partial charge on any atom is 0.364 e. The zero-order valence-corrected chi connectivity index (χ0v) is 60.1. The first kappa shape index (κ1) is 89.2. The summed E-state index contributed by atoms with van der Waals surface area (Å²) >= 11 is 0. The average molecular weight is 1400 g/mol. The molecule has 3 heterocycles. The van der Waals surface area contributed by atoms with Crippen LogP contribution >= 0.6 is 0 Å². The summed E-state index contributed by atoms with van der Waals surface area (Å²) < 4.78 is 34.8. The summed E-state index contributed by atoms with van der Waals surface area (Å²) in [5, 5.41) is 136. The second-order valence-corrected chi connectivity index (χ2v) is 27.9. The lowest BCUT2D eigenvalue weighted by atomic mass is 9.88. The van der Waals surface area contributed by atoms with Crippen molar-refractivity contribution in [2.24, 2.45) is 0 Å². The predicted octanol–water partition coefficient (Wildman–Crippen LogP) is 8.96. The average Bonchev–Trinajstić information content (AvgIpc) is 0.756. The van der Waals surface area contributed by atoms with E-state index in [1.165, 1.54) is 180 Å². The fourth-order valence-electron chi connectivity index (χ4n) is 13.2. The largest absolute Gasteiger partial charge is 0.477 e. The minimum absolute atomic E-state index is 0.199. The number of aliphatic carboxylic acids is 1. The summed E-state index contributed by atoms with van der Waals surface area (Å²) in [6.07, 6.45) is 30.5. The van der Waals surface area contributed by atoms with E-state index in [0.717, 1.165) is 64.7 Å². The van der Waals surface area contributed by atoms with Crippen molar-refractivity contribution in [1.82, 2.24) is 10.6 Å². The highest BCUT2D eigenvalue weighted by Gasteiger charge is 2.60. The lowest BCUT2D eigenvalue weighted by molar-refractivity contribution is -0.386. The van der Waals surface area contributed by atoms with Gasteiger partial charge < -0.3 is 100 Å². The summed E-state index contributed by atoms with van der Waals surface area (Å²) in [7, 11) is 0. The molecule has 0 radical (unpaired) electrons. The molecule has 3 aliphatic rings. The Morgan fingerprint density at radius 1 is 0.541 bits per heavy atom. The van der Waals surface area contributed by atoms with E-state index in [4.69, 9.17) is 28.4 Å². The number of ether oxygens (including phenoxy) is 6. The van der Waals surface area contributed by atoms with Crippen molar-refractivity contribution in [2.75, 3.05) is 26.4 Å². The van der Waals surface area contributed by atoms with Crippen LogP contribution in [0.3, 0.4) is 0 Å². The number of carboxylic acids is 1. The summed E-state index contributed by atoms with van der Waals surface area (Å²) in [6, 6.07) is -2.62. The van der Waals surface area contributed by atoms with Crippen LogP contribution in [0.4, 0.5) is 0 Å². The molecule has 0 aromatic rings. The topological polar surface area (TPSA) is 373 Å². The highest BCUT2D eigenvalue weighted by atomic mass is 16.8. The first-order chi connectivity index (χ1) is 47.4. The van der Waals surface area contributed by atoms with Gasteiger partial charge in [0.05, 0.1) is 50.7 Å². The van der Waals surface area contributed by atoms with Gasteiger partial charge in [0.1, 0.15) is 67.1 Å². The second-order valence-electron chi connectivity index (χ2n) is 27.9. The zero-order valence-electron chi connectivity index (χ0n) is 60.1. The third-order valence-corrected chi connectivity index (χ3v) is 19.3. The van der Waals surface area contributed by atoms with Crippen LogP contribution in [-0.4, -0.2) is 215 Å². The Morgan fingerprint density at radius 2 is 0.990 bits per heavy atom. The number of hydrogen-bond donors (Lipinski definition) is 14. The molecule has 3 aliphatic heterocycles. The number of carboxylic acid groups (broad SMARTS) is 1. The van der Waals surface area contributed by atoms with Gasteiger partial charge in [-0.3, -0.25) is 9.59 Å². The summed E-state index contributed by atoms with van der Waals surface area (Å²) in [5.41, 5.74) is 0. The molecule has 18 unspecified atom stereocenters. The minimum Gasteiger partial charge on any atom is -0.477 e. The molecule has 18 atom stereocenters. The lowest BCUT2D eigenvalue weighted by Gasteiger charge is -2.50. The molecule has 23 heteroatoms. The molecule has 14 N–H and O–H groups in total. The van der Waals surface area contributed by atoms with Crippen LogP contribution in [0.15, 0.2) is 36.5 Å². The number of nitrogens with one attached hydrogen (secondary N) is 2. The molecule has 0 aliphatic carbocycles. The van der Waals surface area contributed by atoms with E-state index in [-0.39, 0.29) is 12.3 Å². The molecule has 3 saturated heterocycles. The van der Waals surface area contributed by atoms with Gasteiger partial charge in [-0.1, -0.05) is 249 Å². The molecule has 0 aromatic carbocycles. The number of carbonyl (C=O) groups excluding carboxylic acids is 2. The van der Waals surface area contributed by atoms with E-state index in [0.29, 0.717) is 12.8 Å². The van der Waals surface area contributed by atoms with Crippen molar-refractivity contribution in [1.29, 1.82) is 0 Å². The van der Waals surface area contributed by atoms with Gasteiger partial charge in [0.15, 0.2) is 12.6 Å². The Kier molecular flexibility index (Phi) is 49.7. The minimum atomic E-state index is -3.08. The van der Waals surface area contributed by atoms with Crippen molar-refractivity contribution >= 4 is 17.8 Å². The van der Waals surface area contributed by atoms with Crippen molar-refractivity contribution in [3.8, 4) is 0 Å². The number of aliphatic hydroxyl groups is 11. The monoisotopic (exact) mass is 1400 g/mol. The molecule has 0 saturated carbocycles. The molecule has 0 spiro atoms. The molecule has 23 nitrogen and oxygen atoms in total. The third-order valence-electron chi connectivity index (χ3n) is 19.3. The summed E-state index contributed by atoms with van der Waals surface area (Å²) in [5.74, 6) is -6.14. The summed E-state index contributed by atoms with van der Waals surface area (Å²) in [4.78, 5) is 38.6. The Bertz CT molecular complexity index is 2110. The number of carbonyl (C=O) groups is 3. The molecular formula is C75H136N2O21. The van der Waals surface area contributed by atoms with Crippen molar-refractivity contribution in [3.63, 3.8) is 0 Å². The molecule has 98 heavy (non-hydrogen) atoms. The second kappa shape index (κ2) is 54.6. The van der Waals surface area contributed by atoms with Gasteiger partial charge in [0, 0.05) is 19.8 Å². The van der Waals surface area contributed by atoms with E-state index >= 15 is 0 Å². The van der Waals surface area contributed by atoms with Gasteiger partial charge in [-0.05, 0) is 51.4 Å². The standard InChI is InChI=1S/C75H136N2O21/c1-4-6-8-10-12-14-16-18-20-21-22-23-24-25-26-27-28-29-30-31-32-33-35-37-39-41-43-45-47-49-62(85)77-56(57(82)48-46-44-42-40-38-36-34-19-17-15-13-11-9-7-5-2)54-93-72-67(89)66(88)69(61(53-80)95-72)96-73-68(90)71(65(87)60(52-79)94-73)98-75(74(91)92)50-58(83)63(76-55(3)81)70(97-75)64(86)59(84)51-78/h22-23,25-26,46,48,56-61,63-73,78-80,82-84,86-90H,4-21,24,27-45,47,49-54H2,1-3H3,(H,76,81)(H,77,85)(H,91,92)/b23-22-,26-25-,48-46+. The van der Waals surface area contributed by atoms with Crippen molar-refractivity contribution in [3.05, 3.63) is 36.5 Å². The maximum absolute atomic E-state index is 13.5. The van der Waals surface area contributed by atoms with Crippen LogP contribution in [-0.2, 0) is 42.8 Å². The van der Waals surface area contributed by atoms with Crippen LogP contribution in [0.2, 0.25) is 0 Å². The van der Waals surface area contributed by atoms with Crippen molar-refractivity contribution < 1.29 is 104 Å². The van der Waals surface area contributed by atoms with Gasteiger partial charge in [0.2, 0.25) is 11.8 Å². The SMILES string of the molecule is CCCCCCCCCCC/C=C\C/C=C\CCCCCCCCCCCCCCCC(=O)NC(COC1OC(CO)C(OC2OC(CO)C(O)C(OC3(C(=O)O)CC(O)C(NC(C)=O)C(C(O)C(O)CO)O3)C2O)C(O)C1O)C(O)/C=C/CCCCCCCCCCCCCCC. The Morgan fingerprint density at radius 3 is 1.44 bits per heavy atom. The van der Waals surface area contributed by atoms with Crippen LogP contribution in [0.25, 0.3) is 0 Å². The van der Waals surface area contributed by atoms with Gasteiger partial charge >= 0.3 is 5.97 Å².